The lowest BCUT2D eigenvalue weighted by molar-refractivity contribution is -0.174. The molecule has 15 heavy (non-hydrogen) atoms. The van der Waals surface area contributed by atoms with Gasteiger partial charge in [0, 0.05) is 24.4 Å². The molecular weight excluding hydrogens is 212 g/mol. The molecule has 1 aromatic rings. The zero-order valence-electron chi connectivity index (χ0n) is 8.79. The maximum Gasteiger partial charge on any atom is 0.205 e. The van der Waals surface area contributed by atoms with Crippen molar-refractivity contribution in [3.63, 3.8) is 0 Å². The molecule has 0 saturated carbocycles. The SMILES string of the molecule is CC1(C)OCC=C(c2cccc(Cl)c2)O1. The van der Waals surface area contributed by atoms with E-state index in [0.717, 1.165) is 11.3 Å². The average molecular weight is 225 g/mol. The first kappa shape index (κ1) is 10.5. The van der Waals surface area contributed by atoms with Crippen molar-refractivity contribution in [3.05, 3.63) is 40.9 Å². The topological polar surface area (TPSA) is 18.5 Å². The van der Waals surface area contributed by atoms with Crippen molar-refractivity contribution in [2.75, 3.05) is 6.61 Å². The van der Waals surface area contributed by atoms with Gasteiger partial charge in [-0.05, 0) is 18.2 Å². The van der Waals surface area contributed by atoms with Gasteiger partial charge in [-0.2, -0.15) is 0 Å². The molecule has 80 valence electrons. The first-order valence-electron chi connectivity index (χ1n) is 4.86. The Morgan fingerprint density at radius 1 is 1.33 bits per heavy atom. The number of benzene rings is 1. The monoisotopic (exact) mass is 224 g/mol. The molecule has 1 aromatic carbocycles. The van der Waals surface area contributed by atoms with Gasteiger partial charge in [-0.1, -0.05) is 23.7 Å². The Hall–Kier alpha value is -0.990. The molecule has 1 aliphatic heterocycles. The molecule has 0 aliphatic carbocycles. The second kappa shape index (κ2) is 3.87. The first-order valence-corrected chi connectivity index (χ1v) is 5.24. The Morgan fingerprint density at radius 2 is 2.13 bits per heavy atom. The second-order valence-corrected chi connectivity index (χ2v) is 4.33. The Bertz CT molecular complexity index is 396. The molecule has 1 aliphatic rings. The van der Waals surface area contributed by atoms with Crippen molar-refractivity contribution in [2.24, 2.45) is 0 Å². The molecule has 1 heterocycles. The normalized spacial score (nSPS) is 19.3. The van der Waals surface area contributed by atoms with E-state index < -0.39 is 5.79 Å². The quantitative estimate of drug-likeness (QED) is 0.727. The smallest absolute Gasteiger partial charge is 0.205 e. The zero-order valence-corrected chi connectivity index (χ0v) is 9.54. The van der Waals surface area contributed by atoms with Crippen molar-refractivity contribution in [1.29, 1.82) is 0 Å². The molecule has 0 spiro atoms. The Kier molecular flexibility index (Phi) is 2.72. The number of hydrogen-bond acceptors (Lipinski definition) is 2. The molecule has 0 fully saturated rings. The first-order chi connectivity index (χ1) is 7.07. The minimum Gasteiger partial charge on any atom is -0.463 e. The number of ether oxygens (including phenoxy) is 2. The van der Waals surface area contributed by atoms with E-state index in [4.69, 9.17) is 21.1 Å². The van der Waals surface area contributed by atoms with Crippen molar-refractivity contribution in [3.8, 4) is 0 Å². The molecule has 0 bridgehead atoms. The van der Waals surface area contributed by atoms with Crippen LogP contribution in [0.15, 0.2) is 30.3 Å². The van der Waals surface area contributed by atoms with E-state index in [2.05, 4.69) is 0 Å². The van der Waals surface area contributed by atoms with Gasteiger partial charge in [0.1, 0.15) is 5.76 Å². The van der Waals surface area contributed by atoms with Crippen LogP contribution in [-0.4, -0.2) is 12.4 Å². The molecule has 0 aromatic heterocycles. The molecule has 0 unspecified atom stereocenters. The lowest BCUT2D eigenvalue weighted by Gasteiger charge is -2.31. The summed E-state index contributed by atoms with van der Waals surface area (Å²) in [6.45, 7) is 4.35. The van der Waals surface area contributed by atoms with E-state index in [-0.39, 0.29) is 0 Å². The maximum atomic E-state index is 5.92. The van der Waals surface area contributed by atoms with Gasteiger partial charge in [0.2, 0.25) is 5.79 Å². The molecule has 0 amide bonds. The highest BCUT2D eigenvalue weighted by Gasteiger charge is 2.25. The van der Waals surface area contributed by atoms with E-state index in [1.807, 2.05) is 44.2 Å². The zero-order chi connectivity index (χ0) is 10.9. The summed E-state index contributed by atoms with van der Waals surface area (Å²) in [6.07, 6.45) is 1.91. The fourth-order valence-electron chi connectivity index (χ4n) is 1.47. The lowest BCUT2D eigenvalue weighted by Crippen LogP contribution is -2.31. The molecule has 0 atom stereocenters. The Morgan fingerprint density at radius 3 is 2.80 bits per heavy atom. The van der Waals surface area contributed by atoms with E-state index in [9.17, 15) is 0 Å². The summed E-state index contributed by atoms with van der Waals surface area (Å²) >= 11 is 5.92. The highest BCUT2D eigenvalue weighted by molar-refractivity contribution is 6.30. The maximum absolute atomic E-state index is 5.92. The van der Waals surface area contributed by atoms with Crippen LogP contribution >= 0.6 is 11.6 Å². The summed E-state index contributed by atoms with van der Waals surface area (Å²) in [5, 5.41) is 0.710. The summed E-state index contributed by atoms with van der Waals surface area (Å²) in [5.74, 6) is 0.264. The summed E-state index contributed by atoms with van der Waals surface area (Å²) in [7, 11) is 0. The molecule has 0 N–H and O–H groups in total. The van der Waals surface area contributed by atoms with E-state index in [1.54, 1.807) is 0 Å². The van der Waals surface area contributed by atoms with Crippen molar-refractivity contribution < 1.29 is 9.47 Å². The molecule has 2 nitrogen and oxygen atoms in total. The van der Waals surface area contributed by atoms with E-state index in [0.29, 0.717) is 11.6 Å². The predicted molar refractivity (Wildman–Crippen MR) is 60.5 cm³/mol. The molecule has 0 saturated heterocycles. The summed E-state index contributed by atoms with van der Waals surface area (Å²) in [6, 6.07) is 7.61. The molecule has 2 rings (SSSR count). The van der Waals surface area contributed by atoms with Gasteiger partial charge < -0.3 is 9.47 Å². The Labute approximate surface area is 94.5 Å². The third-order valence-electron chi connectivity index (χ3n) is 2.16. The van der Waals surface area contributed by atoms with Crippen molar-refractivity contribution in [2.45, 2.75) is 19.6 Å². The van der Waals surface area contributed by atoms with Gasteiger partial charge in [0.25, 0.3) is 0 Å². The highest BCUT2D eigenvalue weighted by Crippen LogP contribution is 2.28. The van der Waals surface area contributed by atoms with Gasteiger partial charge in [0.15, 0.2) is 0 Å². The van der Waals surface area contributed by atoms with Crippen LogP contribution < -0.4 is 0 Å². The van der Waals surface area contributed by atoms with Crippen LogP contribution in [-0.2, 0) is 9.47 Å². The van der Waals surface area contributed by atoms with E-state index in [1.165, 1.54) is 0 Å². The average Bonchev–Trinajstić information content (AvgIpc) is 2.16. The van der Waals surface area contributed by atoms with Gasteiger partial charge in [-0.3, -0.25) is 0 Å². The summed E-state index contributed by atoms with van der Waals surface area (Å²) in [5.41, 5.74) is 0.985. The Balaban J connectivity index is 2.28. The lowest BCUT2D eigenvalue weighted by atomic mass is 10.1. The highest BCUT2D eigenvalue weighted by atomic mass is 35.5. The van der Waals surface area contributed by atoms with Gasteiger partial charge in [-0.25, -0.2) is 0 Å². The fourth-order valence-corrected chi connectivity index (χ4v) is 1.66. The molecular formula is C12H13ClO2. The third-order valence-corrected chi connectivity index (χ3v) is 2.40. The summed E-state index contributed by atoms with van der Waals surface area (Å²) < 4.78 is 11.1. The van der Waals surface area contributed by atoms with Crippen LogP contribution in [0.1, 0.15) is 19.4 Å². The van der Waals surface area contributed by atoms with Gasteiger partial charge in [-0.15, -0.1) is 0 Å². The second-order valence-electron chi connectivity index (χ2n) is 3.89. The van der Waals surface area contributed by atoms with Crippen LogP contribution in [0.3, 0.4) is 0 Å². The van der Waals surface area contributed by atoms with Crippen LogP contribution in [0.2, 0.25) is 5.02 Å². The standard InChI is InChI=1S/C12H13ClO2/c1-12(2)14-7-6-11(15-12)9-4-3-5-10(13)8-9/h3-6,8H,7H2,1-2H3. The fraction of sp³-hybridized carbons (Fsp3) is 0.333. The minimum absolute atomic E-state index is 0.563. The minimum atomic E-state index is -0.563. The molecule has 0 radical (unpaired) electrons. The van der Waals surface area contributed by atoms with Crippen LogP contribution in [0, 0.1) is 0 Å². The predicted octanol–water partition coefficient (Wildman–Crippen LogP) is 3.46. The van der Waals surface area contributed by atoms with Crippen molar-refractivity contribution >= 4 is 17.4 Å². The number of halogens is 1. The van der Waals surface area contributed by atoms with Crippen LogP contribution in [0.25, 0.3) is 5.76 Å². The largest absolute Gasteiger partial charge is 0.463 e. The molecule has 3 heteroatoms. The van der Waals surface area contributed by atoms with Crippen LogP contribution in [0.4, 0.5) is 0 Å². The third kappa shape index (κ3) is 2.52. The van der Waals surface area contributed by atoms with Crippen LogP contribution in [0.5, 0.6) is 0 Å². The van der Waals surface area contributed by atoms with Crippen molar-refractivity contribution in [1.82, 2.24) is 0 Å². The van der Waals surface area contributed by atoms with Gasteiger partial charge >= 0.3 is 0 Å². The van der Waals surface area contributed by atoms with Gasteiger partial charge in [0.05, 0.1) is 6.61 Å². The number of hydrogen-bond donors (Lipinski definition) is 0. The number of rotatable bonds is 1. The summed E-state index contributed by atoms with van der Waals surface area (Å²) in [4.78, 5) is 0. The van der Waals surface area contributed by atoms with E-state index >= 15 is 0 Å².